The van der Waals surface area contributed by atoms with Crippen LogP contribution in [-0.2, 0) is 9.59 Å². The van der Waals surface area contributed by atoms with Gasteiger partial charge in [-0.3, -0.25) is 9.59 Å². The van der Waals surface area contributed by atoms with Gasteiger partial charge in [0.05, 0.1) is 0 Å². The highest BCUT2D eigenvalue weighted by molar-refractivity contribution is 5.96. The predicted molar refractivity (Wildman–Crippen MR) is 95.8 cm³/mol. The van der Waals surface area contributed by atoms with Gasteiger partial charge in [-0.1, -0.05) is 25.0 Å². The number of hydrogen-bond donors (Lipinski definition) is 0. The Bertz CT molecular complexity index is 446. The molecule has 128 valence electrons. The van der Waals surface area contributed by atoms with Crippen molar-refractivity contribution >= 4 is 11.7 Å². The molecule has 0 rings (SSSR count). The molecular formula is C19H35NO2. The normalized spacial score (nSPS) is 9.86. The summed E-state index contributed by atoms with van der Waals surface area (Å²) in [6.07, 6.45) is 0. The number of amides is 1. The first-order chi connectivity index (χ1) is 9.84. The lowest BCUT2D eigenvalue weighted by atomic mass is 9.99. The average molecular weight is 309 g/mol. The maximum Gasteiger partial charge on any atom is 0.249 e. The quantitative estimate of drug-likeness (QED) is 0.701. The Morgan fingerprint density at radius 1 is 0.727 bits per heavy atom. The van der Waals surface area contributed by atoms with Crippen molar-refractivity contribution in [2.45, 2.75) is 75.3 Å². The molecule has 0 heterocycles. The minimum absolute atomic E-state index is 0.130. The highest BCUT2D eigenvalue weighted by atomic mass is 16.2. The highest BCUT2D eigenvalue weighted by Crippen LogP contribution is 2.09. The summed E-state index contributed by atoms with van der Waals surface area (Å²) in [5.41, 5.74) is 3.98. The van der Waals surface area contributed by atoms with Crippen LogP contribution in [0, 0.1) is 5.92 Å². The summed E-state index contributed by atoms with van der Waals surface area (Å²) in [4.78, 5) is 24.6. The fourth-order valence-corrected chi connectivity index (χ4v) is 1.39. The molecule has 0 unspecified atom stereocenters. The Morgan fingerprint density at radius 2 is 1.09 bits per heavy atom. The molecule has 0 aromatic carbocycles. The van der Waals surface area contributed by atoms with Gasteiger partial charge >= 0.3 is 0 Å². The van der Waals surface area contributed by atoms with E-state index in [9.17, 15) is 9.59 Å². The van der Waals surface area contributed by atoms with Crippen molar-refractivity contribution in [3.8, 4) is 0 Å². The number of allylic oxidation sites excluding steroid dienone is 3. The van der Waals surface area contributed by atoms with Crippen LogP contribution in [-0.4, -0.2) is 29.7 Å². The van der Waals surface area contributed by atoms with Crippen molar-refractivity contribution in [2.24, 2.45) is 5.92 Å². The second-order valence-corrected chi connectivity index (χ2v) is 6.78. The topological polar surface area (TPSA) is 37.4 Å². The SMILES string of the molecule is CC(C)=C(C)C(=O)C(C)C.CC(C)=C(C)C(=O)N(C)C(C)C. The van der Waals surface area contributed by atoms with E-state index in [1.165, 1.54) is 0 Å². The third-order valence-electron chi connectivity index (χ3n) is 3.81. The molecule has 3 nitrogen and oxygen atoms in total. The summed E-state index contributed by atoms with van der Waals surface area (Å²) in [7, 11) is 1.83. The van der Waals surface area contributed by atoms with Crippen LogP contribution in [0.15, 0.2) is 22.3 Å². The van der Waals surface area contributed by atoms with Gasteiger partial charge in [-0.25, -0.2) is 0 Å². The first kappa shape index (κ1) is 22.9. The molecule has 0 bridgehead atoms. The lowest BCUT2D eigenvalue weighted by molar-refractivity contribution is -0.127. The number of rotatable bonds is 4. The summed E-state index contributed by atoms with van der Waals surface area (Å²) < 4.78 is 0. The van der Waals surface area contributed by atoms with Crippen LogP contribution >= 0.6 is 0 Å². The molecule has 0 atom stereocenters. The maximum atomic E-state index is 11.6. The average Bonchev–Trinajstić information content (AvgIpc) is 2.43. The summed E-state index contributed by atoms with van der Waals surface area (Å²) in [5, 5.41) is 0. The van der Waals surface area contributed by atoms with E-state index in [0.29, 0.717) is 0 Å². The molecule has 0 aliphatic carbocycles. The molecular weight excluding hydrogens is 274 g/mol. The van der Waals surface area contributed by atoms with Crippen LogP contribution in [0.1, 0.15) is 69.2 Å². The predicted octanol–water partition coefficient (Wildman–Crippen LogP) is 4.78. The van der Waals surface area contributed by atoms with Gasteiger partial charge in [0.15, 0.2) is 5.78 Å². The number of nitrogens with zero attached hydrogens (tertiary/aromatic N) is 1. The van der Waals surface area contributed by atoms with Gasteiger partial charge in [0.2, 0.25) is 5.91 Å². The molecule has 0 saturated carbocycles. The van der Waals surface area contributed by atoms with Crippen molar-refractivity contribution in [2.75, 3.05) is 7.05 Å². The van der Waals surface area contributed by atoms with Gasteiger partial charge in [-0.15, -0.1) is 0 Å². The number of ketones is 1. The molecule has 0 N–H and O–H groups in total. The van der Waals surface area contributed by atoms with E-state index >= 15 is 0 Å². The fraction of sp³-hybridized carbons (Fsp3) is 0.684. The van der Waals surface area contributed by atoms with Crippen molar-refractivity contribution in [3.63, 3.8) is 0 Å². The zero-order valence-corrected chi connectivity index (χ0v) is 16.4. The van der Waals surface area contributed by atoms with Gasteiger partial charge in [0.25, 0.3) is 0 Å². The number of carbonyl (C=O) groups excluding carboxylic acids is 2. The van der Waals surface area contributed by atoms with E-state index < -0.39 is 0 Å². The van der Waals surface area contributed by atoms with E-state index in [0.717, 1.165) is 22.3 Å². The minimum atomic E-state index is 0.130. The Balaban J connectivity index is 0. The number of Topliss-reactive ketones (excluding diaryl/α,β-unsaturated/α-hetero) is 1. The third kappa shape index (κ3) is 8.16. The smallest absolute Gasteiger partial charge is 0.249 e. The molecule has 0 spiro atoms. The molecule has 22 heavy (non-hydrogen) atoms. The van der Waals surface area contributed by atoms with Crippen molar-refractivity contribution in [3.05, 3.63) is 22.3 Å². The van der Waals surface area contributed by atoms with E-state index in [1.807, 2.05) is 76.3 Å². The summed E-state index contributed by atoms with van der Waals surface area (Å²) in [6.45, 7) is 19.5. The van der Waals surface area contributed by atoms with Gasteiger partial charge in [0.1, 0.15) is 0 Å². The summed E-state index contributed by atoms with van der Waals surface area (Å²) in [5.74, 6) is 0.528. The van der Waals surface area contributed by atoms with E-state index in [-0.39, 0.29) is 23.7 Å². The molecule has 0 aromatic rings. The van der Waals surface area contributed by atoms with Crippen LogP contribution in [0.5, 0.6) is 0 Å². The maximum absolute atomic E-state index is 11.6. The molecule has 0 saturated heterocycles. The second kappa shape index (κ2) is 10.4. The zero-order valence-electron chi connectivity index (χ0n) is 16.4. The van der Waals surface area contributed by atoms with E-state index in [1.54, 1.807) is 4.90 Å². The summed E-state index contributed by atoms with van der Waals surface area (Å²) >= 11 is 0. The zero-order chi connectivity index (χ0) is 18.2. The first-order valence-corrected chi connectivity index (χ1v) is 7.94. The van der Waals surface area contributed by atoms with Crippen molar-refractivity contribution in [1.29, 1.82) is 0 Å². The van der Waals surface area contributed by atoms with Crippen LogP contribution in [0.3, 0.4) is 0 Å². The van der Waals surface area contributed by atoms with E-state index in [4.69, 9.17) is 0 Å². The molecule has 3 heteroatoms. The molecule has 1 amide bonds. The third-order valence-corrected chi connectivity index (χ3v) is 3.81. The molecule has 0 radical (unpaired) electrons. The van der Waals surface area contributed by atoms with Gasteiger partial charge in [-0.2, -0.15) is 0 Å². The fourth-order valence-electron chi connectivity index (χ4n) is 1.39. The standard InChI is InChI=1S/C10H19NO.C9H16O/c1-7(2)9(5)10(12)11(6)8(3)4;1-6(2)8(5)9(10)7(3)4/h8H,1-6H3;7H,1-5H3. The second-order valence-electron chi connectivity index (χ2n) is 6.78. The molecule has 0 fully saturated rings. The lowest BCUT2D eigenvalue weighted by Gasteiger charge is -2.22. The molecule has 0 aromatic heterocycles. The van der Waals surface area contributed by atoms with E-state index in [2.05, 4.69) is 0 Å². The molecule has 0 aliphatic rings. The largest absolute Gasteiger partial charge is 0.340 e. The van der Waals surface area contributed by atoms with Crippen molar-refractivity contribution < 1.29 is 9.59 Å². The Hall–Kier alpha value is -1.38. The number of hydrogen-bond acceptors (Lipinski definition) is 2. The van der Waals surface area contributed by atoms with Crippen LogP contribution in [0.2, 0.25) is 0 Å². The van der Waals surface area contributed by atoms with Crippen LogP contribution in [0.25, 0.3) is 0 Å². The number of carbonyl (C=O) groups is 2. The van der Waals surface area contributed by atoms with Gasteiger partial charge < -0.3 is 4.90 Å². The Morgan fingerprint density at radius 3 is 1.27 bits per heavy atom. The highest BCUT2D eigenvalue weighted by Gasteiger charge is 2.13. The lowest BCUT2D eigenvalue weighted by Crippen LogP contribution is -2.33. The van der Waals surface area contributed by atoms with Gasteiger partial charge in [-0.05, 0) is 61.0 Å². The van der Waals surface area contributed by atoms with Gasteiger partial charge in [0, 0.05) is 24.6 Å². The Labute approximate surface area is 137 Å². The number of likely N-dealkylation sites (N-methyl/N-ethyl adjacent to an activating group) is 1. The Kier molecular flexibility index (Phi) is 10.8. The minimum Gasteiger partial charge on any atom is -0.340 e. The van der Waals surface area contributed by atoms with Crippen LogP contribution in [0.4, 0.5) is 0 Å². The van der Waals surface area contributed by atoms with Crippen LogP contribution < -0.4 is 0 Å². The summed E-state index contributed by atoms with van der Waals surface area (Å²) in [6, 6.07) is 0.270. The van der Waals surface area contributed by atoms with Crippen molar-refractivity contribution in [1.82, 2.24) is 4.90 Å². The molecule has 0 aliphatic heterocycles. The monoisotopic (exact) mass is 309 g/mol. The first-order valence-electron chi connectivity index (χ1n) is 7.94.